The van der Waals surface area contributed by atoms with Gasteiger partial charge in [-0.25, -0.2) is 0 Å². The normalized spacial score (nSPS) is 5.42. The van der Waals surface area contributed by atoms with Gasteiger partial charge in [0.25, 0.3) is 11.9 Å². The number of carbonyl (C=O) groups is 4. The minimum atomic E-state index is -1.08. The summed E-state index contributed by atoms with van der Waals surface area (Å²) in [6, 6.07) is 0. The first-order valence-electron chi connectivity index (χ1n) is 4.99. The van der Waals surface area contributed by atoms with Crippen LogP contribution in [0.1, 0.15) is 27.7 Å². The average Bonchev–Trinajstić information content (AvgIpc) is 2.13. The molecule has 0 aliphatic heterocycles. The first-order valence-corrected chi connectivity index (χ1v) is 4.99. The van der Waals surface area contributed by atoms with Gasteiger partial charge in [-0.1, -0.05) is 0 Å². The molecule has 0 rings (SSSR count). The third-order valence-electron chi connectivity index (χ3n) is 0.167. The molecule has 0 aromatic rings. The molecule has 0 aliphatic carbocycles. The SMILES string of the molecule is CC(=O)O.CC(=O)O.CC(=O)[O-].CC(=O)[O-].NCCN.O.O.[Na+].[Na+]. The van der Waals surface area contributed by atoms with E-state index in [1.54, 1.807) is 0 Å². The minimum absolute atomic E-state index is 0. The number of carboxylic acid groups (broad SMARTS) is 4. The molecule has 0 spiro atoms. The Bertz CT molecular complexity index is 202. The third-order valence-corrected chi connectivity index (χ3v) is 0.167. The Kier molecular flexibility index (Phi) is 134. The van der Waals surface area contributed by atoms with Crippen molar-refractivity contribution >= 4 is 23.9 Å². The zero-order chi connectivity index (χ0) is 17.7. The van der Waals surface area contributed by atoms with Gasteiger partial charge in [-0.05, 0) is 13.8 Å². The predicted octanol–water partition coefficient (Wildman–Crippen LogP) is -11.0. The second-order valence-corrected chi connectivity index (χ2v) is 2.60. The fourth-order valence-electron chi connectivity index (χ4n) is 0. The molecule has 0 saturated heterocycles. The smallest absolute Gasteiger partial charge is 0.550 e. The second-order valence-electron chi connectivity index (χ2n) is 2.60. The van der Waals surface area contributed by atoms with Gasteiger partial charge in [0.05, 0.1) is 0 Å². The summed E-state index contributed by atoms with van der Waals surface area (Å²) in [6.07, 6.45) is 0. The molecule has 0 bridgehead atoms. The van der Waals surface area contributed by atoms with E-state index < -0.39 is 23.9 Å². The summed E-state index contributed by atoms with van der Waals surface area (Å²) >= 11 is 0. The van der Waals surface area contributed by atoms with Crippen LogP contribution in [0.2, 0.25) is 0 Å². The molecule has 0 amide bonds. The van der Waals surface area contributed by atoms with E-state index in [0.717, 1.165) is 27.7 Å². The van der Waals surface area contributed by atoms with Gasteiger partial charge in [0.15, 0.2) is 0 Å². The van der Waals surface area contributed by atoms with Crippen molar-refractivity contribution in [3.05, 3.63) is 0 Å². The Morgan fingerprint density at radius 1 is 0.708 bits per heavy atom. The molecular formula is C10H26N2Na2O10. The molecule has 0 fully saturated rings. The molecule has 10 N–H and O–H groups in total. The van der Waals surface area contributed by atoms with Gasteiger partial charge < -0.3 is 52.4 Å². The minimum Gasteiger partial charge on any atom is -0.550 e. The maximum atomic E-state index is 9.00. The zero-order valence-electron chi connectivity index (χ0n) is 14.9. The van der Waals surface area contributed by atoms with Gasteiger partial charge in [-0.2, -0.15) is 0 Å². The van der Waals surface area contributed by atoms with E-state index in [1.807, 2.05) is 0 Å². The van der Waals surface area contributed by atoms with Crippen LogP contribution in [0, 0.1) is 0 Å². The summed E-state index contributed by atoms with van der Waals surface area (Å²) < 4.78 is 0. The summed E-state index contributed by atoms with van der Waals surface area (Å²) in [5.74, 6) is -3.83. The Morgan fingerprint density at radius 2 is 0.750 bits per heavy atom. The number of rotatable bonds is 1. The largest absolute Gasteiger partial charge is 1.00 e. The summed E-state index contributed by atoms with van der Waals surface area (Å²) in [7, 11) is 0. The Hall–Kier alpha value is -0.280. The molecule has 0 radical (unpaired) electrons. The summed E-state index contributed by atoms with van der Waals surface area (Å²) in [5.41, 5.74) is 9.81. The standard InChI is InChI=1S/C2H8N2.4C2H4O2.2Na.2H2O/c3-1-2-4;4*1-2(3)4;;;;/h1-4H2;4*1H3,(H,3,4);;;2*1H2/q;;;;;2*+1;;/p-2. The summed E-state index contributed by atoms with van der Waals surface area (Å²) in [4.78, 5) is 35.8. The Labute approximate surface area is 184 Å². The topological polar surface area (TPSA) is 270 Å². The summed E-state index contributed by atoms with van der Waals surface area (Å²) in [6.45, 7) is 5.31. The van der Waals surface area contributed by atoms with Crippen LogP contribution in [0.3, 0.4) is 0 Å². The Balaban J connectivity index is -0.0000000161. The van der Waals surface area contributed by atoms with Crippen LogP contribution >= 0.6 is 0 Å². The quantitative estimate of drug-likeness (QED) is 0.311. The van der Waals surface area contributed by atoms with Gasteiger partial charge in [-0.15, -0.1) is 0 Å². The third kappa shape index (κ3) is 18000. The number of carbonyl (C=O) groups excluding carboxylic acids is 2. The molecule has 24 heavy (non-hydrogen) atoms. The molecule has 138 valence electrons. The number of carboxylic acids is 4. The van der Waals surface area contributed by atoms with E-state index in [1.165, 1.54) is 0 Å². The average molecular weight is 380 g/mol. The van der Waals surface area contributed by atoms with Crippen molar-refractivity contribution in [3.8, 4) is 0 Å². The molecule has 0 unspecified atom stereocenters. The molecule has 0 aromatic heterocycles. The molecule has 0 saturated carbocycles. The number of hydrogen-bond donors (Lipinski definition) is 4. The number of aliphatic carboxylic acids is 4. The van der Waals surface area contributed by atoms with Crippen molar-refractivity contribution in [1.29, 1.82) is 0 Å². The zero-order valence-corrected chi connectivity index (χ0v) is 18.9. The van der Waals surface area contributed by atoms with E-state index in [2.05, 4.69) is 0 Å². The van der Waals surface area contributed by atoms with Crippen molar-refractivity contribution in [2.24, 2.45) is 11.5 Å². The fraction of sp³-hybridized carbons (Fsp3) is 0.600. The van der Waals surface area contributed by atoms with Crippen molar-refractivity contribution in [3.63, 3.8) is 0 Å². The van der Waals surface area contributed by atoms with E-state index in [9.17, 15) is 0 Å². The maximum absolute atomic E-state index is 9.00. The van der Waals surface area contributed by atoms with Gasteiger partial charge in [0.2, 0.25) is 0 Å². The van der Waals surface area contributed by atoms with Crippen LogP contribution in [-0.4, -0.2) is 58.1 Å². The van der Waals surface area contributed by atoms with Crippen molar-refractivity contribution in [2.45, 2.75) is 27.7 Å². The van der Waals surface area contributed by atoms with Crippen molar-refractivity contribution in [1.82, 2.24) is 0 Å². The van der Waals surface area contributed by atoms with Gasteiger partial charge in [0, 0.05) is 38.9 Å². The summed E-state index contributed by atoms with van der Waals surface area (Å²) in [5, 5.41) is 32.6. The van der Waals surface area contributed by atoms with Crippen molar-refractivity contribution < 1.29 is 110 Å². The van der Waals surface area contributed by atoms with Crippen LogP contribution in [0.15, 0.2) is 0 Å². The van der Waals surface area contributed by atoms with Gasteiger partial charge >= 0.3 is 59.1 Å². The Morgan fingerprint density at radius 3 is 0.750 bits per heavy atom. The van der Waals surface area contributed by atoms with Crippen molar-refractivity contribution in [2.75, 3.05) is 13.1 Å². The number of hydrogen-bond acceptors (Lipinski definition) is 8. The predicted molar refractivity (Wildman–Crippen MR) is 73.3 cm³/mol. The van der Waals surface area contributed by atoms with E-state index in [-0.39, 0.29) is 70.1 Å². The van der Waals surface area contributed by atoms with Crippen LogP contribution in [0.25, 0.3) is 0 Å². The molecule has 0 heterocycles. The van der Waals surface area contributed by atoms with Gasteiger partial charge in [-0.3, -0.25) is 9.59 Å². The van der Waals surface area contributed by atoms with E-state index in [4.69, 9.17) is 51.1 Å². The molecule has 0 aliphatic rings. The van der Waals surface area contributed by atoms with Crippen LogP contribution in [0.4, 0.5) is 0 Å². The number of nitrogens with two attached hydrogens (primary N) is 2. The molecular weight excluding hydrogens is 354 g/mol. The second kappa shape index (κ2) is 56.9. The van der Waals surface area contributed by atoms with Crippen LogP contribution in [0.5, 0.6) is 0 Å². The van der Waals surface area contributed by atoms with Crippen LogP contribution < -0.4 is 80.8 Å². The first kappa shape index (κ1) is 56.5. The van der Waals surface area contributed by atoms with Crippen LogP contribution in [-0.2, 0) is 19.2 Å². The molecule has 0 atom stereocenters. The molecule has 0 aromatic carbocycles. The molecule has 14 heteroatoms. The van der Waals surface area contributed by atoms with Gasteiger partial charge in [0.1, 0.15) is 0 Å². The van der Waals surface area contributed by atoms with E-state index >= 15 is 0 Å². The first-order chi connectivity index (χ1) is 8.84. The molecule has 12 nitrogen and oxygen atoms in total. The fourth-order valence-corrected chi connectivity index (χ4v) is 0. The van der Waals surface area contributed by atoms with E-state index in [0.29, 0.717) is 13.1 Å². The monoisotopic (exact) mass is 380 g/mol. The maximum Gasteiger partial charge on any atom is 1.00 e.